The highest BCUT2D eigenvalue weighted by atomic mass is 127. The van der Waals surface area contributed by atoms with E-state index in [-0.39, 0.29) is 0 Å². The van der Waals surface area contributed by atoms with E-state index in [1.165, 1.54) is 9.90 Å². The second kappa shape index (κ2) is 6.70. The molecular formula is C14H16IN3O. The molecule has 2 rings (SSSR count). The summed E-state index contributed by atoms with van der Waals surface area (Å²) in [5.74, 6) is 2.25. The van der Waals surface area contributed by atoms with Crippen molar-refractivity contribution >= 4 is 28.4 Å². The first-order valence-electron chi connectivity index (χ1n) is 6.19. The topological polar surface area (TPSA) is 47.0 Å². The second-order valence-corrected chi connectivity index (χ2v) is 5.31. The van der Waals surface area contributed by atoms with Gasteiger partial charge in [-0.25, -0.2) is 9.97 Å². The van der Waals surface area contributed by atoms with E-state index in [1.807, 2.05) is 31.3 Å². The smallest absolute Gasteiger partial charge is 0.227 e. The standard InChI is InChI=1S/C14H16IN3O/c1-3-4-12-13(16-2)17-9-18-14(12)19-11-7-5-10(15)6-8-11/h5-9H,3-4H2,1-2H3,(H,16,17,18). The van der Waals surface area contributed by atoms with Crippen LogP contribution in [-0.2, 0) is 6.42 Å². The van der Waals surface area contributed by atoms with Crippen LogP contribution in [0.25, 0.3) is 0 Å². The quantitative estimate of drug-likeness (QED) is 0.813. The Hall–Kier alpha value is -1.37. The molecule has 0 fully saturated rings. The molecule has 2 aromatic rings. The van der Waals surface area contributed by atoms with Crippen molar-refractivity contribution in [2.24, 2.45) is 0 Å². The van der Waals surface area contributed by atoms with Crippen LogP contribution in [0.2, 0.25) is 0 Å². The highest BCUT2D eigenvalue weighted by Gasteiger charge is 2.11. The fourth-order valence-electron chi connectivity index (χ4n) is 1.79. The molecule has 4 nitrogen and oxygen atoms in total. The lowest BCUT2D eigenvalue weighted by molar-refractivity contribution is 0.454. The molecular weight excluding hydrogens is 353 g/mol. The fourth-order valence-corrected chi connectivity index (χ4v) is 2.15. The molecule has 1 aromatic carbocycles. The molecule has 1 N–H and O–H groups in total. The highest BCUT2D eigenvalue weighted by molar-refractivity contribution is 14.1. The molecule has 0 atom stereocenters. The Balaban J connectivity index is 2.30. The van der Waals surface area contributed by atoms with Crippen molar-refractivity contribution in [3.8, 4) is 11.6 Å². The Bertz CT molecular complexity index is 543. The van der Waals surface area contributed by atoms with Crippen LogP contribution < -0.4 is 10.1 Å². The van der Waals surface area contributed by atoms with E-state index < -0.39 is 0 Å². The molecule has 5 heteroatoms. The van der Waals surface area contributed by atoms with Crippen LogP contribution in [0, 0.1) is 3.57 Å². The molecule has 1 aromatic heterocycles. The molecule has 0 bridgehead atoms. The molecule has 0 aliphatic carbocycles. The van der Waals surface area contributed by atoms with Crippen LogP contribution in [0.5, 0.6) is 11.6 Å². The molecule has 0 aliphatic rings. The number of benzene rings is 1. The zero-order valence-electron chi connectivity index (χ0n) is 11.0. The maximum atomic E-state index is 5.87. The summed E-state index contributed by atoms with van der Waals surface area (Å²) in [6, 6.07) is 7.91. The van der Waals surface area contributed by atoms with Crippen molar-refractivity contribution in [3.05, 3.63) is 39.7 Å². The average Bonchev–Trinajstić information content (AvgIpc) is 2.43. The first kappa shape index (κ1) is 14.0. The lowest BCUT2D eigenvalue weighted by Gasteiger charge is -2.12. The first-order valence-corrected chi connectivity index (χ1v) is 7.27. The summed E-state index contributed by atoms with van der Waals surface area (Å²) < 4.78 is 7.04. The van der Waals surface area contributed by atoms with Gasteiger partial charge in [0, 0.05) is 10.6 Å². The van der Waals surface area contributed by atoms with Gasteiger partial charge in [0.05, 0.1) is 5.56 Å². The Labute approximate surface area is 126 Å². The summed E-state index contributed by atoms with van der Waals surface area (Å²) >= 11 is 2.27. The van der Waals surface area contributed by atoms with Gasteiger partial charge in [-0.1, -0.05) is 13.3 Å². The second-order valence-electron chi connectivity index (χ2n) is 4.06. The lowest BCUT2D eigenvalue weighted by Crippen LogP contribution is -2.03. The average molecular weight is 369 g/mol. The summed E-state index contributed by atoms with van der Waals surface area (Å²) in [7, 11) is 1.86. The number of nitrogens with one attached hydrogen (secondary N) is 1. The molecule has 0 saturated heterocycles. The van der Waals surface area contributed by atoms with Gasteiger partial charge in [0.2, 0.25) is 5.88 Å². The normalized spacial score (nSPS) is 10.3. The molecule has 19 heavy (non-hydrogen) atoms. The zero-order chi connectivity index (χ0) is 13.7. The van der Waals surface area contributed by atoms with Crippen LogP contribution in [0.3, 0.4) is 0 Å². The minimum Gasteiger partial charge on any atom is -0.439 e. The van der Waals surface area contributed by atoms with E-state index in [1.54, 1.807) is 0 Å². The molecule has 0 radical (unpaired) electrons. The third-order valence-corrected chi connectivity index (χ3v) is 3.39. The Morgan fingerprint density at radius 2 is 1.95 bits per heavy atom. The number of ether oxygens (including phenoxy) is 1. The summed E-state index contributed by atoms with van der Waals surface area (Å²) in [4.78, 5) is 8.48. The van der Waals surface area contributed by atoms with Crippen molar-refractivity contribution in [2.45, 2.75) is 19.8 Å². The van der Waals surface area contributed by atoms with E-state index in [9.17, 15) is 0 Å². The molecule has 0 aliphatic heterocycles. The predicted octanol–water partition coefficient (Wildman–Crippen LogP) is 3.87. The molecule has 100 valence electrons. The highest BCUT2D eigenvalue weighted by Crippen LogP contribution is 2.28. The van der Waals surface area contributed by atoms with Crippen molar-refractivity contribution in [3.63, 3.8) is 0 Å². The van der Waals surface area contributed by atoms with Crippen LogP contribution in [-0.4, -0.2) is 17.0 Å². The fraction of sp³-hybridized carbons (Fsp3) is 0.286. The molecule has 0 amide bonds. The lowest BCUT2D eigenvalue weighted by atomic mass is 10.2. The molecule has 0 spiro atoms. The maximum Gasteiger partial charge on any atom is 0.227 e. The van der Waals surface area contributed by atoms with Gasteiger partial charge in [-0.2, -0.15) is 0 Å². The number of hydrogen-bond acceptors (Lipinski definition) is 4. The van der Waals surface area contributed by atoms with Crippen molar-refractivity contribution in [1.82, 2.24) is 9.97 Å². The number of aromatic nitrogens is 2. The summed E-state index contributed by atoms with van der Waals surface area (Å²) in [6.07, 6.45) is 3.43. The summed E-state index contributed by atoms with van der Waals surface area (Å²) in [6.45, 7) is 2.13. The van der Waals surface area contributed by atoms with E-state index in [2.05, 4.69) is 44.8 Å². The minimum atomic E-state index is 0.627. The Morgan fingerprint density at radius 1 is 1.21 bits per heavy atom. The van der Waals surface area contributed by atoms with E-state index in [0.717, 1.165) is 30.0 Å². The van der Waals surface area contributed by atoms with Gasteiger partial charge in [0.25, 0.3) is 0 Å². The maximum absolute atomic E-state index is 5.87. The molecule has 0 saturated carbocycles. The third kappa shape index (κ3) is 3.56. The van der Waals surface area contributed by atoms with Gasteiger partial charge >= 0.3 is 0 Å². The van der Waals surface area contributed by atoms with Crippen molar-refractivity contribution in [1.29, 1.82) is 0 Å². The zero-order valence-corrected chi connectivity index (χ0v) is 13.1. The van der Waals surface area contributed by atoms with Crippen LogP contribution in [0.4, 0.5) is 5.82 Å². The van der Waals surface area contributed by atoms with Gasteiger partial charge in [-0.15, -0.1) is 0 Å². The van der Waals surface area contributed by atoms with E-state index in [0.29, 0.717) is 5.88 Å². The largest absolute Gasteiger partial charge is 0.439 e. The van der Waals surface area contributed by atoms with Gasteiger partial charge in [0.1, 0.15) is 17.9 Å². The number of halogens is 1. The summed E-state index contributed by atoms with van der Waals surface area (Å²) in [5.41, 5.74) is 1.02. The van der Waals surface area contributed by atoms with Crippen LogP contribution in [0.15, 0.2) is 30.6 Å². The van der Waals surface area contributed by atoms with Gasteiger partial charge in [0.15, 0.2) is 0 Å². The SMILES string of the molecule is CCCc1c(NC)ncnc1Oc1ccc(I)cc1. The Kier molecular flexibility index (Phi) is 4.95. The predicted molar refractivity (Wildman–Crippen MR) is 84.8 cm³/mol. The molecule has 1 heterocycles. The van der Waals surface area contributed by atoms with E-state index in [4.69, 9.17) is 4.74 Å². The van der Waals surface area contributed by atoms with Crippen molar-refractivity contribution < 1.29 is 4.74 Å². The monoisotopic (exact) mass is 369 g/mol. The van der Waals surface area contributed by atoms with Gasteiger partial charge in [-0.3, -0.25) is 0 Å². The van der Waals surface area contributed by atoms with Crippen molar-refractivity contribution in [2.75, 3.05) is 12.4 Å². The van der Waals surface area contributed by atoms with E-state index >= 15 is 0 Å². The Morgan fingerprint density at radius 3 is 2.58 bits per heavy atom. The summed E-state index contributed by atoms with van der Waals surface area (Å²) in [5, 5.41) is 3.08. The third-order valence-electron chi connectivity index (χ3n) is 2.67. The van der Waals surface area contributed by atoms with Crippen LogP contribution >= 0.6 is 22.6 Å². The molecule has 0 unspecified atom stereocenters. The first-order chi connectivity index (χ1) is 9.24. The number of anilines is 1. The number of hydrogen-bond donors (Lipinski definition) is 1. The number of rotatable bonds is 5. The van der Waals surface area contributed by atoms with Gasteiger partial charge < -0.3 is 10.1 Å². The van der Waals surface area contributed by atoms with Gasteiger partial charge in [-0.05, 0) is 53.3 Å². The minimum absolute atomic E-state index is 0.627. The number of nitrogens with zero attached hydrogens (tertiary/aromatic N) is 2. The van der Waals surface area contributed by atoms with Crippen LogP contribution in [0.1, 0.15) is 18.9 Å².